The highest BCUT2D eigenvalue weighted by atomic mass is 16.4. The monoisotopic (exact) mass is 242 g/mol. The van der Waals surface area contributed by atoms with Crippen LogP contribution in [0.2, 0.25) is 0 Å². The maximum Gasteiger partial charge on any atom is 0.326 e. The molecule has 0 unspecified atom stereocenters. The van der Waals surface area contributed by atoms with Crippen LogP contribution in [0.3, 0.4) is 0 Å². The van der Waals surface area contributed by atoms with Gasteiger partial charge in [-0.25, -0.2) is 4.79 Å². The van der Waals surface area contributed by atoms with Crippen molar-refractivity contribution in [1.82, 2.24) is 10.2 Å². The van der Waals surface area contributed by atoms with Crippen LogP contribution in [-0.4, -0.2) is 58.8 Å². The van der Waals surface area contributed by atoms with Crippen LogP contribution in [-0.2, 0) is 9.59 Å². The Bertz CT molecular complexity index is 315. The van der Waals surface area contributed by atoms with Gasteiger partial charge in [-0.15, -0.1) is 0 Å². The van der Waals surface area contributed by atoms with Crippen molar-refractivity contribution in [2.24, 2.45) is 5.92 Å². The zero-order valence-corrected chi connectivity index (χ0v) is 9.63. The second kappa shape index (κ2) is 5.01. The fraction of sp³-hybridized carbons (Fsp3) is 0.818. The third kappa shape index (κ3) is 2.58. The Morgan fingerprint density at radius 2 is 2.12 bits per heavy atom. The first kappa shape index (κ1) is 12.3. The topological polar surface area (TPSA) is 89.9 Å². The molecule has 17 heavy (non-hydrogen) atoms. The summed E-state index contributed by atoms with van der Waals surface area (Å²) in [6.07, 6.45) is 1.16. The lowest BCUT2D eigenvalue weighted by molar-refractivity contribution is -0.150. The highest BCUT2D eigenvalue weighted by molar-refractivity contribution is 5.86. The Hall–Kier alpha value is -1.14. The lowest BCUT2D eigenvalue weighted by Gasteiger charge is -2.29. The number of hydrogen-bond donors (Lipinski definition) is 3. The summed E-state index contributed by atoms with van der Waals surface area (Å²) in [7, 11) is 0. The molecule has 3 atom stereocenters. The smallest absolute Gasteiger partial charge is 0.326 e. The van der Waals surface area contributed by atoms with E-state index in [1.807, 2.05) is 0 Å². The Kier molecular flexibility index (Phi) is 3.63. The molecule has 2 heterocycles. The molecule has 96 valence electrons. The van der Waals surface area contributed by atoms with Gasteiger partial charge in [0.2, 0.25) is 5.91 Å². The largest absolute Gasteiger partial charge is 0.480 e. The third-order valence-electron chi connectivity index (χ3n) is 3.49. The molecule has 6 heteroatoms. The van der Waals surface area contributed by atoms with Crippen LogP contribution >= 0.6 is 0 Å². The number of nitrogens with zero attached hydrogens (tertiary/aromatic N) is 1. The fourth-order valence-corrected chi connectivity index (χ4v) is 2.59. The number of amides is 1. The Morgan fingerprint density at radius 1 is 1.35 bits per heavy atom. The van der Waals surface area contributed by atoms with Crippen LogP contribution in [0.4, 0.5) is 0 Å². The van der Waals surface area contributed by atoms with E-state index in [9.17, 15) is 14.7 Å². The Labute approximate surface area is 99.6 Å². The molecule has 2 aliphatic rings. The van der Waals surface area contributed by atoms with E-state index < -0.39 is 18.1 Å². The SMILES string of the molecule is O=C(O)[C@@H]1C[C@@H](O)CN1C(=O)[C@@H]1CCCNC1. The van der Waals surface area contributed by atoms with E-state index in [-0.39, 0.29) is 24.8 Å². The number of aliphatic carboxylic acids is 1. The molecule has 3 N–H and O–H groups in total. The molecule has 2 saturated heterocycles. The van der Waals surface area contributed by atoms with E-state index in [2.05, 4.69) is 5.32 Å². The summed E-state index contributed by atoms with van der Waals surface area (Å²) in [5, 5.41) is 21.7. The van der Waals surface area contributed by atoms with E-state index in [0.29, 0.717) is 6.54 Å². The molecule has 2 aliphatic heterocycles. The van der Waals surface area contributed by atoms with Crippen LogP contribution < -0.4 is 5.32 Å². The van der Waals surface area contributed by atoms with Crippen LogP contribution in [0, 0.1) is 5.92 Å². The summed E-state index contributed by atoms with van der Waals surface area (Å²) in [4.78, 5) is 24.5. The van der Waals surface area contributed by atoms with E-state index in [4.69, 9.17) is 5.11 Å². The normalized spacial score (nSPS) is 33.7. The van der Waals surface area contributed by atoms with E-state index in [1.165, 1.54) is 4.90 Å². The predicted octanol–water partition coefficient (Wildman–Crippen LogP) is -0.968. The maximum absolute atomic E-state index is 12.2. The van der Waals surface area contributed by atoms with Gasteiger partial charge in [0.15, 0.2) is 0 Å². The van der Waals surface area contributed by atoms with Crippen molar-refractivity contribution in [3.63, 3.8) is 0 Å². The number of carboxylic acids is 1. The molecular weight excluding hydrogens is 224 g/mol. The van der Waals surface area contributed by atoms with Gasteiger partial charge in [-0.3, -0.25) is 4.79 Å². The number of piperidine rings is 1. The number of hydrogen-bond acceptors (Lipinski definition) is 4. The van der Waals surface area contributed by atoms with Crippen molar-refractivity contribution >= 4 is 11.9 Å². The lowest BCUT2D eigenvalue weighted by Crippen LogP contribution is -2.47. The number of carbonyl (C=O) groups is 2. The molecule has 0 aromatic carbocycles. The van der Waals surface area contributed by atoms with Gasteiger partial charge in [-0.05, 0) is 19.4 Å². The highest BCUT2D eigenvalue weighted by Crippen LogP contribution is 2.23. The number of aliphatic hydroxyl groups excluding tert-OH is 1. The van der Waals surface area contributed by atoms with Crippen molar-refractivity contribution in [3.8, 4) is 0 Å². The molecule has 0 aromatic heterocycles. The van der Waals surface area contributed by atoms with Gasteiger partial charge in [-0.1, -0.05) is 0 Å². The number of aliphatic hydroxyl groups is 1. The number of carboxylic acid groups (broad SMARTS) is 1. The van der Waals surface area contributed by atoms with E-state index >= 15 is 0 Å². The maximum atomic E-state index is 12.2. The Balaban J connectivity index is 2.04. The van der Waals surface area contributed by atoms with Gasteiger partial charge < -0.3 is 20.4 Å². The van der Waals surface area contributed by atoms with Crippen molar-refractivity contribution < 1.29 is 19.8 Å². The molecule has 0 radical (unpaired) electrons. The van der Waals surface area contributed by atoms with E-state index in [1.54, 1.807) is 0 Å². The summed E-state index contributed by atoms with van der Waals surface area (Å²) in [6, 6.07) is -0.862. The molecule has 0 aliphatic carbocycles. The molecule has 1 amide bonds. The van der Waals surface area contributed by atoms with Crippen LogP contribution in [0.1, 0.15) is 19.3 Å². The molecule has 2 fully saturated rings. The first-order chi connectivity index (χ1) is 8.09. The minimum Gasteiger partial charge on any atom is -0.480 e. The molecule has 0 spiro atoms. The fourth-order valence-electron chi connectivity index (χ4n) is 2.59. The summed E-state index contributed by atoms with van der Waals surface area (Å²) in [5.41, 5.74) is 0. The average Bonchev–Trinajstić information content (AvgIpc) is 2.72. The minimum atomic E-state index is -1.03. The number of β-amino-alcohol motifs (C(OH)–C–C–N with tert-alkyl or cyclic N) is 1. The van der Waals surface area contributed by atoms with E-state index in [0.717, 1.165) is 19.4 Å². The minimum absolute atomic E-state index is 0.138. The standard InChI is InChI=1S/C11H18N2O4/c14-8-4-9(11(16)17)13(6-8)10(15)7-2-1-3-12-5-7/h7-9,12,14H,1-6H2,(H,16,17)/t7-,8-,9+/m1/s1. The molecule has 0 bridgehead atoms. The number of carbonyl (C=O) groups excluding carboxylic acids is 1. The zero-order chi connectivity index (χ0) is 12.4. The van der Waals surface area contributed by atoms with Gasteiger partial charge in [0.25, 0.3) is 0 Å². The van der Waals surface area contributed by atoms with Crippen molar-refractivity contribution in [2.45, 2.75) is 31.4 Å². The van der Waals surface area contributed by atoms with Crippen molar-refractivity contribution in [3.05, 3.63) is 0 Å². The van der Waals surface area contributed by atoms with Crippen LogP contribution in [0.5, 0.6) is 0 Å². The van der Waals surface area contributed by atoms with Crippen molar-refractivity contribution in [2.75, 3.05) is 19.6 Å². The lowest BCUT2D eigenvalue weighted by atomic mass is 9.98. The first-order valence-electron chi connectivity index (χ1n) is 6.01. The number of nitrogens with one attached hydrogen (secondary N) is 1. The molecule has 2 rings (SSSR count). The summed E-state index contributed by atoms with van der Waals surface area (Å²) in [6.45, 7) is 1.67. The van der Waals surface area contributed by atoms with Crippen LogP contribution in [0.25, 0.3) is 0 Å². The van der Waals surface area contributed by atoms with Gasteiger partial charge in [0.05, 0.1) is 12.0 Å². The highest BCUT2D eigenvalue weighted by Gasteiger charge is 2.41. The summed E-state index contributed by atoms with van der Waals surface area (Å²) < 4.78 is 0. The molecule has 0 saturated carbocycles. The molecule has 0 aromatic rings. The summed E-state index contributed by atoms with van der Waals surface area (Å²) >= 11 is 0. The number of rotatable bonds is 2. The second-order valence-corrected chi connectivity index (χ2v) is 4.78. The number of likely N-dealkylation sites (tertiary alicyclic amines) is 1. The van der Waals surface area contributed by atoms with Crippen molar-refractivity contribution in [1.29, 1.82) is 0 Å². The molecular formula is C11H18N2O4. The van der Waals surface area contributed by atoms with Crippen LogP contribution in [0.15, 0.2) is 0 Å². The zero-order valence-electron chi connectivity index (χ0n) is 9.63. The predicted molar refractivity (Wildman–Crippen MR) is 59.4 cm³/mol. The molecule has 6 nitrogen and oxygen atoms in total. The van der Waals surface area contributed by atoms with Gasteiger partial charge in [0.1, 0.15) is 6.04 Å². The third-order valence-corrected chi connectivity index (χ3v) is 3.49. The Morgan fingerprint density at radius 3 is 2.71 bits per heavy atom. The summed E-state index contributed by atoms with van der Waals surface area (Å²) in [5.74, 6) is -1.31. The van der Waals surface area contributed by atoms with Gasteiger partial charge in [0, 0.05) is 19.5 Å². The second-order valence-electron chi connectivity index (χ2n) is 4.78. The average molecular weight is 242 g/mol. The van der Waals surface area contributed by atoms with Gasteiger partial charge in [-0.2, -0.15) is 0 Å². The first-order valence-corrected chi connectivity index (χ1v) is 6.01. The van der Waals surface area contributed by atoms with Gasteiger partial charge >= 0.3 is 5.97 Å². The quantitative estimate of drug-likeness (QED) is 0.580.